The molecule has 78 valence electrons. The van der Waals surface area contributed by atoms with Gasteiger partial charge in [-0.25, -0.2) is 4.79 Å². The molecule has 0 aromatic carbocycles. The lowest BCUT2D eigenvalue weighted by atomic mass is 9.97. The zero-order chi connectivity index (χ0) is 10.9. The van der Waals surface area contributed by atoms with Crippen LogP contribution in [-0.4, -0.2) is 41.4 Å². The lowest BCUT2D eigenvalue weighted by molar-refractivity contribution is 0.197. The van der Waals surface area contributed by atoms with Crippen molar-refractivity contribution in [1.29, 1.82) is 0 Å². The first-order chi connectivity index (χ1) is 5.89. The lowest BCUT2D eigenvalue weighted by Gasteiger charge is -2.12. The van der Waals surface area contributed by atoms with E-state index in [2.05, 4.69) is 5.16 Å². The molecule has 0 radical (unpaired) electrons. The molecule has 4 N–H and O–H groups in total. The van der Waals surface area contributed by atoms with E-state index in [1.807, 2.05) is 5.32 Å². The second kappa shape index (κ2) is 7.35. The highest BCUT2D eigenvalue weighted by Crippen LogP contribution is 2.08. The van der Waals surface area contributed by atoms with Crippen LogP contribution in [0.5, 0.6) is 0 Å². The maximum atomic E-state index is 9.26. The summed E-state index contributed by atoms with van der Waals surface area (Å²) in [7, 11) is 1.35. The van der Waals surface area contributed by atoms with Crippen LogP contribution < -0.4 is 5.32 Å². The number of aliphatic hydroxyl groups is 1. The summed E-state index contributed by atoms with van der Waals surface area (Å²) < 4.78 is 0. The molecular formula is C7H16N2O4. The van der Waals surface area contributed by atoms with Gasteiger partial charge in [-0.05, 0) is 0 Å². The summed E-state index contributed by atoms with van der Waals surface area (Å²) in [4.78, 5) is 9.26. The molecule has 0 atom stereocenters. The second-order valence-corrected chi connectivity index (χ2v) is 2.95. The molecule has 0 rings (SSSR count). The third kappa shape index (κ3) is 13.7. The summed E-state index contributed by atoms with van der Waals surface area (Å²) >= 11 is 0. The number of rotatable bonds is 2. The van der Waals surface area contributed by atoms with Gasteiger partial charge >= 0.3 is 6.09 Å². The Hall–Kier alpha value is -1.30. The molecule has 0 bridgehead atoms. The zero-order valence-corrected chi connectivity index (χ0v) is 7.98. The van der Waals surface area contributed by atoms with Gasteiger partial charge in [0.1, 0.15) is 0 Å². The molecule has 0 saturated heterocycles. The van der Waals surface area contributed by atoms with E-state index in [4.69, 9.17) is 15.4 Å². The van der Waals surface area contributed by atoms with Gasteiger partial charge in [-0.15, -0.1) is 5.16 Å². The van der Waals surface area contributed by atoms with Gasteiger partial charge in [0.05, 0.1) is 12.8 Å². The summed E-state index contributed by atoms with van der Waals surface area (Å²) in [5.74, 6) is 0. The maximum absolute atomic E-state index is 9.26. The number of hydrogen-bond donors (Lipinski definition) is 4. The van der Waals surface area contributed by atoms with Crippen molar-refractivity contribution in [3.63, 3.8) is 0 Å². The Balaban J connectivity index is 0. The fourth-order valence-electron chi connectivity index (χ4n) is 0.197. The summed E-state index contributed by atoms with van der Waals surface area (Å²) in [5.41, 5.74) is -0.394. The van der Waals surface area contributed by atoms with E-state index in [1.54, 1.807) is 13.8 Å². The van der Waals surface area contributed by atoms with Gasteiger partial charge in [-0.3, -0.25) is 0 Å². The quantitative estimate of drug-likeness (QED) is 0.288. The van der Waals surface area contributed by atoms with Gasteiger partial charge < -0.3 is 20.7 Å². The molecule has 0 aromatic rings. The molecule has 13 heavy (non-hydrogen) atoms. The minimum atomic E-state index is -0.995. The van der Waals surface area contributed by atoms with Crippen molar-refractivity contribution in [2.75, 3.05) is 13.7 Å². The van der Waals surface area contributed by atoms with Crippen molar-refractivity contribution in [1.82, 2.24) is 5.32 Å². The first-order valence-electron chi connectivity index (χ1n) is 3.59. The highest BCUT2D eigenvalue weighted by atomic mass is 16.4. The standard InChI is InChI=1S/C5H11NO2.C2H5NO2/c1-5(2,4-7)3-6-8;1-3-2(4)5/h3,7-8H,4H2,1-2H3;3H,1H3,(H,4,5)/b6-3+;. The lowest BCUT2D eigenvalue weighted by Crippen LogP contribution is -2.17. The molecule has 0 saturated carbocycles. The molecule has 6 nitrogen and oxygen atoms in total. The molecule has 0 spiro atoms. The van der Waals surface area contributed by atoms with Gasteiger partial charge in [-0.2, -0.15) is 0 Å². The maximum Gasteiger partial charge on any atom is 0.404 e. The van der Waals surface area contributed by atoms with Crippen molar-refractivity contribution in [3.8, 4) is 0 Å². The fourth-order valence-corrected chi connectivity index (χ4v) is 0.197. The Labute approximate surface area is 76.9 Å². The normalized spacial score (nSPS) is 10.5. The predicted octanol–water partition coefficient (Wildman–Crippen LogP) is 0.349. The van der Waals surface area contributed by atoms with Crippen LogP contribution in [0.25, 0.3) is 0 Å². The summed E-state index contributed by atoms with van der Waals surface area (Å²) in [6.45, 7) is 3.54. The fraction of sp³-hybridized carbons (Fsp3) is 0.714. The van der Waals surface area contributed by atoms with Gasteiger partial charge in [0.2, 0.25) is 0 Å². The number of nitrogens with zero attached hydrogens (tertiary/aromatic N) is 1. The van der Waals surface area contributed by atoms with Gasteiger partial charge in [0.25, 0.3) is 0 Å². The molecule has 0 fully saturated rings. The molecule has 0 aliphatic rings. The van der Waals surface area contributed by atoms with Crippen LogP contribution in [0.2, 0.25) is 0 Å². The van der Waals surface area contributed by atoms with E-state index < -0.39 is 11.5 Å². The van der Waals surface area contributed by atoms with E-state index in [0.717, 1.165) is 0 Å². The number of hydrogen-bond acceptors (Lipinski definition) is 4. The van der Waals surface area contributed by atoms with E-state index in [1.165, 1.54) is 13.3 Å². The monoisotopic (exact) mass is 192 g/mol. The average molecular weight is 192 g/mol. The van der Waals surface area contributed by atoms with Crippen molar-refractivity contribution in [2.45, 2.75) is 13.8 Å². The van der Waals surface area contributed by atoms with Crippen LogP contribution in [0.4, 0.5) is 4.79 Å². The third-order valence-electron chi connectivity index (χ3n) is 1.03. The van der Waals surface area contributed by atoms with Crippen LogP contribution in [0.3, 0.4) is 0 Å². The molecular weight excluding hydrogens is 176 g/mol. The van der Waals surface area contributed by atoms with Crippen LogP contribution in [0.15, 0.2) is 5.16 Å². The Bertz CT molecular complexity index is 168. The molecule has 6 heteroatoms. The number of carboxylic acid groups (broad SMARTS) is 1. The number of oxime groups is 1. The van der Waals surface area contributed by atoms with Crippen molar-refractivity contribution in [3.05, 3.63) is 0 Å². The first-order valence-corrected chi connectivity index (χ1v) is 3.59. The van der Waals surface area contributed by atoms with Crippen LogP contribution in [0.1, 0.15) is 13.8 Å². The van der Waals surface area contributed by atoms with Crippen LogP contribution >= 0.6 is 0 Å². The minimum absolute atomic E-state index is 0.00292. The first kappa shape index (κ1) is 14.2. The van der Waals surface area contributed by atoms with Crippen LogP contribution in [0, 0.1) is 5.41 Å². The van der Waals surface area contributed by atoms with Crippen molar-refractivity contribution >= 4 is 12.3 Å². The minimum Gasteiger partial charge on any atom is -0.465 e. The molecule has 0 aliphatic carbocycles. The summed E-state index contributed by atoms with van der Waals surface area (Å²) in [5, 5.41) is 28.9. The van der Waals surface area contributed by atoms with E-state index >= 15 is 0 Å². The Morgan fingerprint density at radius 1 is 1.62 bits per heavy atom. The van der Waals surface area contributed by atoms with Crippen molar-refractivity contribution < 1.29 is 20.2 Å². The van der Waals surface area contributed by atoms with E-state index in [9.17, 15) is 4.79 Å². The topological polar surface area (TPSA) is 102 Å². The Kier molecular flexibility index (Phi) is 8.05. The van der Waals surface area contributed by atoms with Gasteiger partial charge in [0.15, 0.2) is 0 Å². The van der Waals surface area contributed by atoms with Crippen LogP contribution in [-0.2, 0) is 0 Å². The predicted molar refractivity (Wildman–Crippen MR) is 48.2 cm³/mol. The van der Waals surface area contributed by atoms with E-state index in [0.29, 0.717) is 0 Å². The third-order valence-corrected chi connectivity index (χ3v) is 1.03. The Morgan fingerprint density at radius 2 is 2.00 bits per heavy atom. The number of nitrogens with one attached hydrogen (secondary N) is 1. The highest BCUT2D eigenvalue weighted by Gasteiger charge is 2.12. The summed E-state index contributed by atoms with van der Waals surface area (Å²) in [6, 6.07) is 0. The number of aliphatic hydroxyl groups excluding tert-OH is 1. The molecule has 1 amide bonds. The smallest absolute Gasteiger partial charge is 0.404 e. The zero-order valence-electron chi connectivity index (χ0n) is 7.98. The largest absolute Gasteiger partial charge is 0.465 e. The van der Waals surface area contributed by atoms with Gasteiger partial charge in [0, 0.05) is 12.5 Å². The van der Waals surface area contributed by atoms with Gasteiger partial charge in [-0.1, -0.05) is 13.8 Å². The summed E-state index contributed by atoms with van der Waals surface area (Å²) in [6.07, 6.45) is 0.303. The van der Waals surface area contributed by atoms with E-state index in [-0.39, 0.29) is 6.61 Å². The number of carbonyl (C=O) groups is 1. The molecule has 0 aromatic heterocycles. The van der Waals surface area contributed by atoms with Crippen molar-refractivity contribution in [2.24, 2.45) is 10.6 Å². The number of amides is 1. The molecule has 0 unspecified atom stereocenters. The SMILES string of the molecule is CC(C)(/C=N/O)CO.CNC(=O)O. The Morgan fingerprint density at radius 3 is 2.08 bits per heavy atom. The second-order valence-electron chi connectivity index (χ2n) is 2.95. The highest BCUT2D eigenvalue weighted by molar-refractivity contribution is 5.64. The molecule has 0 heterocycles. The average Bonchev–Trinajstić information content (AvgIpc) is 2.05. The molecule has 0 aliphatic heterocycles.